The monoisotopic (exact) mass is 288 g/mol. The molecular weight excluding hydrogens is 269 g/mol. The molecule has 1 aromatic rings. The second-order valence-electron chi connectivity index (χ2n) is 5.41. The number of anilines is 2. The number of benzene rings is 1. The van der Waals surface area contributed by atoms with Crippen LogP contribution in [0.1, 0.15) is 20.3 Å². The molecule has 6 heteroatoms. The van der Waals surface area contributed by atoms with Gasteiger partial charge in [0.15, 0.2) is 11.6 Å². The molecule has 2 unspecified atom stereocenters. The molecule has 3 nitrogen and oxygen atoms in total. The molecule has 1 heterocycles. The second-order valence-corrected chi connectivity index (χ2v) is 5.41. The van der Waals surface area contributed by atoms with Gasteiger partial charge in [-0.3, -0.25) is 0 Å². The van der Waals surface area contributed by atoms with Crippen LogP contribution in [0.4, 0.5) is 24.5 Å². The van der Waals surface area contributed by atoms with Crippen molar-refractivity contribution in [3.8, 4) is 5.75 Å². The van der Waals surface area contributed by atoms with Gasteiger partial charge in [-0.15, -0.1) is 0 Å². The van der Waals surface area contributed by atoms with Crippen molar-refractivity contribution in [1.29, 1.82) is 0 Å². The van der Waals surface area contributed by atoms with Crippen LogP contribution in [0, 0.1) is 17.7 Å². The van der Waals surface area contributed by atoms with Crippen molar-refractivity contribution in [3.05, 3.63) is 17.9 Å². The normalized spacial score (nSPS) is 23.2. The van der Waals surface area contributed by atoms with Crippen LogP contribution >= 0.6 is 0 Å². The molecule has 2 atom stereocenters. The van der Waals surface area contributed by atoms with E-state index >= 15 is 0 Å². The van der Waals surface area contributed by atoms with E-state index in [1.54, 1.807) is 0 Å². The summed E-state index contributed by atoms with van der Waals surface area (Å²) in [5.41, 5.74) is 6.61. The Hall–Kier alpha value is -1.59. The van der Waals surface area contributed by atoms with Gasteiger partial charge in [-0.1, -0.05) is 13.8 Å². The number of piperidine rings is 1. The highest BCUT2D eigenvalue weighted by atomic mass is 19.3. The number of nitrogens with two attached hydrogens (primary N) is 1. The maximum absolute atomic E-state index is 13.5. The van der Waals surface area contributed by atoms with E-state index in [0.717, 1.165) is 25.6 Å². The van der Waals surface area contributed by atoms with Crippen LogP contribution in [0.2, 0.25) is 0 Å². The molecule has 0 amide bonds. The van der Waals surface area contributed by atoms with Gasteiger partial charge in [0, 0.05) is 25.2 Å². The Morgan fingerprint density at radius 3 is 2.60 bits per heavy atom. The molecule has 112 valence electrons. The summed E-state index contributed by atoms with van der Waals surface area (Å²) in [5, 5.41) is 0. The maximum atomic E-state index is 13.5. The SMILES string of the molecule is CC1CCN(c2cc(OC(F)F)c(F)cc2N)CC1C. The van der Waals surface area contributed by atoms with Crippen LogP contribution < -0.4 is 15.4 Å². The fraction of sp³-hybridized carbons (Fsp3) is 0.571. The Balaban J connectivity index is 2.27. The van der Waals surface area contributed by atoms with Crippen molar-refractivity contribution < 1.29 is 17.9 Å². The summed E-state index contributed by atoms with van der Waals surface area (Å²) >= 11 is 0. The smallest absolute Gasteiger partial charge is 0.387 e. The van der Waals surface area contributed by atoms with Crippen LogP contribution in [0.3, 0.4) is 0 Å². The Labute approximate surface area is 116 Å². The minimum atomic E-state index is -3.05. The van der Waals surface area contributed by atoms with Crippen molar-refractivity contribution in [2.75, 3.05) is 23.7 Å². The fourth-order valence-corrected chi connectivity index (χ4v) is 2.50. The number of nitrogens with zero attached hydrogens (tertiary/aromatic N) is 1. The first-order chi connectivity index (χ1) is 9.38. The predicted molar refractivity (Wildman–Crippen MR) is 72.6 cm³/mol. The first kappa shape index (κ1) is 14.8. The van der Waals surface area contributed by atoms with Gasteiger partial charge in [0.1, 0.15) is 0 Å². The van der Waals surface area contributed by atoms with Crippen molar-refractivity contribution >= 4 is 11.4 Å². The third-order valence-electron chi connectivity index (χ3n) is 3.97. The van der Waals surface area contributed by atoms with Crippen LogP contribution in [0.25, 0.3) is 0 Å². The number of hydrogen-bond acceptors (Lipinski definition) is 3. The molecule has 0 aromatic heterocycles. The summed E-state index contributed by atoms with van der Waals surface area (Å²) in [4.78, 5) is 2.00. The largest absolute Gasteiger partial charge is 0.432 e. The van der Waals surface area contributed by atoms with E-state index in [0.29, 0.717) is 17.5 Å². The molecule has 1 saturated heterocycles. The topological polar surface area (TPSA) is 38.5 Å². The molecule has 1 fully saturated rings. The van der Waals surface area contributed by atoms with E-state index in [4.69, 9.17) is 5.73 Å². The number of nitrogen functional groups attached to an aromatic ring is 1. The average molecular weight is 288 g/mol. The standard InChI is InChI=1S/C14H19F3N2O/c1-8-3-4-19(7-9(8)2)12-6-13(20-14(16)17)10(15)5-11(12)18/h5-6,8-9,14H,3-4,7,18H2,1-2H3. The maximum Gasteiger partial charge on any atom is 0.387 e. The fourth-order valence-electron chi connectivity index (χ4n) is 2.50. The van der Waals surface area contributed by atoms with Crippen molar-refractivity contribution in [2.45, 2.75) is 26.9 Å². The molecule has 0 saturated carbocycles. The van der Waals surface area contributed by atoms with Gasteiger partial charge in [0.2, 0.25) is 0 Å². The molecular formula is C14H19F3N2O. The summed E-state index contributed by atoms with van der Waals surface area (Å²) in [6.45, 7) is 2.80. The second kappa shape index (κ2) is 5.81. The summed E-state index contributed by atoms with van der Waals surface area (Å²) in [6, 6.07) is 2.30. The van der Waals surface area contributed by atoms with Crippen LogP contribution in [0.5, 0.6) is 5.75 Å². The lowest BCUT2D eigenvalue weighted by Crippen LogP contribution is -2.38. The van der Waals surface area contributed by atoms with Gasteiger partial charge in [-0.05, 0) is 18.3 Å². The van der Waals surface area contributed by atoms with E-state index in [9.17, 15) is 13.2 Å². The zero-order chi connectivity index (χ0) is 14.9. The Kier molecular flexibility index (Phi) is 4.30. The molecule has 2 rings (SSSR count). The minimum absolute atomic E-state index is 0.242. The molecule has 2 N–H and O–H groups in total. The van der Waals surface area contributed by atoms with Crippen molar-refractivity contribution in [3.63, 3.8) is 0 Å². The first-order valence-electron chi connectivity index (χ1n) is 6.67. The van der Waals surface area contributed by atoms with Gasteiger partial charge in [0.05, 0.1) is 11.4 Å². The summed E-state index contributed by atoms with van der Waals surface area (Å²) in [7, 11) is 0. The molecule has 20 heavy (non-hydrogen) atoms. The highest BCUT2D eigenvalue weighted by Gasteiger charge is 2.25. The average Bonchev–Trinajstić information content (AvgIpc) is 2.36. The Morgan fingerprint density at radius 1 is 1.30 bits per heavy atom. The quantitative estimate of drug-likeness (QED) is 0.865. The summed E-state index contributed by atoms with van der Waals surface area (Å²) in [6.07, 6.45) is 0.989. The van der Waals surface area contributed by atoms with E-state index in [1.807, 2.05) is 4.90 Å². The zero-order valence-electron chi connectivity index (χ0n) is 11.6. The van der Waals surface area contributed by atoms with E-state index < -0.39 is 18.2 Å². The van der Waals surface area contributed by atoms with Crippen LogP contribution in [-0.4, -0.2) is 19.7 Å². The summed E-state index contributed by atoms with van der Waals surface area (Å²) in [5.74, 6) is -0.266. The highest BCUT2D eigenvalue weighted by Crippen LogP contribution is 2.35. The number of hydrogen-bond donors (Lipinski definition) is 1. The third-order valence-corrected chi connectivity index (χ3v) is 3.97. The lowest BCUT2D eigenvalue weighted by atomic mass is 9.88. The zero-order valence-corrected chi connectivity index (χ0v) is 11.6. The van der Waals surface area contributed by atoms with Crippen molar-refractivity contribution in [1.82, 2.24) is 0 Å². The minimum Gasteiger partial charge on any atom is -0.432 e. The first-order valence-corrected chi connectivity index (χ1v) is 6.67. The van der Waals surface area contributed by atoms with Gasteiger partial charge >= 0.3 is 6.61 Å². The number of rotatable bonds is 3. The van der Waals surface area contributed by atoms with Crippen LogP contribution in [-0.2, 0) is 0 Å². The third kappa shape index (κ3) is 3.11. The van der Waals surface area contributed by atoms with Gasteiger partial charge in [0.25, 0.3) is 0 Å². The van der Waals surface area contributed by atoms with Gasteiger partial charge in [-0.25, -0.2) is 4.39 Å². The van der Waals surface area contributed by atoms with Crippen LogP contribution in [0.15, 0.2) is 12.1 Å². The van der Waals surface area contributed by atoms with Crippen molar-refractivity contribution in [2.24, 2.45) is 11.8 Å². The number of alkyl halides is 2. The van der Waals surface area contributed by atoms with E-state index in [1.165, 1.54) is 6.07 Å². The molecule has 1 aliphatic rings. The predicted octanol–water partition coefficient (Wildman–Crippen LogP) is 3.49. The highest BCUT2D eigenvalue weighted by molar-refractivity contribution is 5.70. The molecule has 0 spiro atoms. The number of halogens is 3. The molecule has 0 bridgehead atoms. The molecule has 1 aromatic carbocycles. The lowest BCUT2D eigenvalue weighted by Gasteiger charge is -2.37. The lowest BCUT2D eigenvalue weighted by molar-refractivity contribution is -0.0521. The summed E-state index contributed by atoms with van der Waals surface area (Å²) < 4.78 is 42.2. The van der Waals surface area contributed by atoms with E-state index in [-0.39, 0.29) is 5.69 Å². The van der Waals surface area contributed by atoms with Gasteiger partial charge in [-0.2, -0.15) is 8.78 Å². The Morgan fingerprint density at radius 2 is 2.00 bits per heavy atom. The molecule has 1 aliphatic heterocycles. The molecule has 0 radical (unpaired) electrons. The van der Waals surface area contributed by atoms with Gasteiger partial charge < -0.3 is 15.4 Å². The number of ether oxygens (including phenoxy) is 1. The molecule has 0 aliphatic carbocycles. The Bertz CT molecular complexity index is 482. The van der Waals surface area contributed by atoms with E-state index in [2.05, 4.69) is 18.6 Å².